The first-order valence-corrected chi connectivity index (χ1v) is 5.39. The molecule has 1 unspecified atom stereocenters. The molecular weight excluding hydrogens is 162 g/mol. The number of likely N-dealkylation sites (N-methyl/N-ethyl adjacent to an activating group) is 1. The zero-order chi connectivity index (χ0) is 9.84. The summed E-state index contributed by atoms with van der Waals surface area (Å²) in [5.41, 5.74) is 0. The molecule has 13 heavy (non-hydrogen) atoms. The van der Waals surface area contributed by atoms with Crippen molar-refractivity contribution in [3.63, 3.8) is 0 Å². The molecule has 2 nitrogen and oxygen atoms in total. The molecule has 1 rings (SSSR count). The van der Waals surface area contributed by atoms with Crippen molar-refractivity contribution >= 4 is 0 Å². The summed E-state index contributed by atoms with van der Waals surface area (Å²) in [7, 11) is 2.21. The van der Waals surface area contributed by atoms with E-state index in [1.807, 2.05) is 0 Å². The minimum atomic E-state index is 0.694. The first-order chi connectivity index (χ1) is 6.11. The van der Waals surface area contributed by atoms with Gasteiger partial charge in [0.05, 0.1) is 19.3 Å². The van der Waals surface area contributed by atoms with Crippen LogP contribution >= 0.6 is 0 Å². The minimum absolute atomic E-state index is 0.694. The van der Waals surface area contributed by atoms with Crippen molar-refractivity contribution in [1.29, 1.82) is 0 Å². The topological polar surface area (TPSA) is 12.5 Å². The Morgan fingerprint density at radius 3 is 2.31 bits per heavy atom. The Balaban J connectivity index is 2.10. The van der Waals surface area contributed by atoms with Crippen LogP contribution in [-0.4, -0.2) is 37.7 Å². The van der Waals surface area contributed by atoms with Crippen LogP contribution in [0.25, 0.3) is 0 Å². The Bertz CT molecular complexity index is 143. The molecule has 1 fully saturated rings. The van der Waals surface area contributed by atoms with Crippen LogP contribution in [0.5, 0.6) is 0 Å². The quantitative estimate of drug-likeness (QED) is 0.649. The summed E-state index contributed by atoms with van der Waals surface area (Å²) in [4.78, 5) is 2.43. The van der Waals surface area contributed by atoms with Gasteiger partial charge in [-0.1, -0.05) is 20.8 Å². The van der Waals surface area contributed by atoms with Crippen molar-refractivity contribution in [2.24, 2.45) is 11.8 Å². The molecule has 0 aromatic heterocycles. The monoisotopic (exact) mass is 185 g/mol. The van der Waals surface area contributed by atoms with E-state index >= 15 is 0 Å². The van der Waals surface area contributed by atoms with Gasteiger partial charge < -0.3 is 4.74 Å². The molecule has 1 aliphatic rings. The van der Waals surface area contributed by atoms with Gasteiger partial charge in [0.1, 0.15) is 0 Å². The summed E-state index contributed by atoms with van der Waals surface area (Å²) >= 11 is 0. The van der Waals surface area contributed by atoms with Gasteiger partial charge in [-0.05, 0) is 31.8 Å². The first-order valence-electron chi connectivity index (χ1n) is 5.39. The lowest BCUT2D eigenvalue weighted by molar-refractivity contribution is -0.0572. The Labute approximate surface area is 82.3 Å². The van der Waals surface area contributed by atoms with Gasteiger partial charge in [0, 0.05) is 0 Å². The fourth-order valence-electron chi connectivity index (χ4n) is 1.40. The average Bonchev–Trinajstić information content (AvgIpc) is 1.96. The number of nitrogens with zero attached hydrogens (tertiary/aromatic N) is 1. The van der Waals surface area contributed by atoms with Gasteiger partial charge in [-0.2, -0.15) is 0 Å². The smallest absolute Gasteiger partial charge is 0.0645 e. The van der Waals surface area contributed by atoms with Crippen LogP contribution in [-0.2, 0) is 4.74 Å². The summed E-state index contributed by atoms with van der Waals surface area (Å²) < 4.78 is 5.17. The van der Waals surface area contributed by atoms with Crippen LogP contribution in [0.3, 0.4) is 0 Å². The molecule has 78 valence electrons. The van der Waals surface area contributed by atoms with Crippen LogP contribution in [0.1, 0.15) is 27.2 Å². The van der Waals surface area contributed by atoms with Crippen molar-refractivity contribution in [3.8, 4) is 0 Å². The van der Waals surface area contributed by atoms with Crippen LogP contribution in [0, 0.1) is 11.8 Å². The van der Waals surface area contributed by atoms with E-state index in [9.17, 15) is 0 Å². The number of hydrogen-bond donors (Lipinski definition) is 0. The predicted octanol–water partition coefficient (Wildman–Crippen LogP) is 2.00. The molecule has 0 amide bonds. The molecule has 0 bridgehead atoms. The lowest BCUT2D eigenvalue weighted by Gasteiger charge is -2.35. The van der Waals surface area contributed by atoms with Crippen LogP contribution in [0.2, 0.25) is 0 Å². The molecule has 2 heteroatoms. The van der Waals surface area contributed by atoms with Gasteiger partial charge in [-0.25, -0.2) is 0 Å². The van der Waals surface area contributed by atoms with E-state index < -0.39 is 0 Å². The highest BCUT2D eigenvalue weighted by molar-refractivity contribution is 4.75. The zero-order valence-electron chi connectivity index (χ0n) is 9.42. The summed E-state index contributed by atoms with van der Waals surface area (Å²) in [5, 5.41) is 0. The third kappa shape index (κ3) is 3.28. The molecule has 1 saturated heterocycles. The fraction of sp³-hybridized carbons (Fsp3) is 1.00. The third-order valence-electron chi connectivity index (χ3n) is 3.32. The average molecular weight is 185 g/mol. The second-order valence-electron chi connectivity index (χ2n) is 4.68. The van der Waals surface area contributed by atoms with Gasteiger partial charge in [0.2, 0.25) is 0 Å². The second kappa shape index (κ2) is 4.97. The van der Waals surface area contributed by atoms with Crippen molar-refractivity contribution in [1.82, 2.24) is 4.90 Å². The van der Waals surface area contributed by atoms with Crippen LogP contribution in [0.15, 0.2) is 0 Å². The van der Waals surface area contributed by atoms with Crippen molar-refractivity contribution < 1.29 is 4.74 Å². The van der Waals surface area contributed by atoms with Gasteiger partial charge in [0.25, 0.3) is 0 Å². The molecule has 1 aliphatic heterocycles. The molecule has 0 N–H and O–H groups in total. The minimum Gasteiger partial charge on any atom is -0.378 e. The fourth-order valence-corrected chi connectivity index (χ4v) is 1.40. The molecule has 0 aromatic rings. The standard InChI is InChI=1S/C11H23NO/c1-9(2)10(3)5-6-12(4)11-7-13-8-11/h9-11H,5-8H2,1-4H3. The van der Waals surface area contributed by atoms with Crippen LogP contribution < -0.4 is 0 Å². The number of hydrogen-bond acceptors (Lipinski definition) is 2. The number of ether oxygens (including phenoxy) is 1. The first kappa shape index (κ1) is 11.0. The van der Waals surface area contributed by atoms with E-state index in [1.54, 1.807) is 0 Å². The van der Waals surface area contributed by atoms with Gasteiger partial charge in [-0.3, -0.25) is 4.90 Å². The van der Waals surface area contributed by atoms with E-state index in [0.717, 1.165) is 25.0 Å². The molecule has 0 aliphatic carbocycles. The maximum Gasteiger partial charge on any atom is 0.0645 e. The van der Waals surface area contributed by atoms with Crippen LogP contribution in [0.4, 0.5) is 0 Å². The highest BCUT2D eigenvalue weighted by atomic mass is 16.5. The number of rotatable bonds is 5. The van der Waals surface area contributed by atoms with E-state index in [2.05, 4.69) is 32.7 Å². The predicted molar refractivity (Wildman–Crippen MR) is 55.9 cm³/mol. The van der Waals surface area contributed by atoms with Gasteiger partial charge >= 0.3 is 0 Å². The van der Waals surface area contributed by atoms with E-state index in [0.29, 0.717) is 6.04 Å². The van der Waals surface area contributed by atoms with Crippen molar-refractivity contribution in [3.05, 3.63) is 0 Å². The SMILES string of the molecule is CC(C)C(C)CCN(C)C1COC1. The van der Waals surface area contributed by atoms with Crippen molar-refractivity contribution in [2.75, 3.05) is 26.8 Å². The normalized spacial score (nSPS) is 20.8. The molecule has 1 heterocycles. The zero-order valence-corrected chi connectivity index (χ0v) is 9.42. The van der Waals surface area contributed by atoms with E-state index in [-0.39, 0.29) is 0 Å². The summed E-state index contributed by atoms with van der Waals surface area (Å²) in [5.74, 6) is 1.65. The Hall–Kier alpha value is -0.0800. The highest BCUT2D eigenvalue weighted by Gasteiger charge is 2.23. The molecule has 0 spiro atoms. The summed E-state index contributed by atoms with van der Waals surface area (Å²) in [6.45, 7) is 10.0. The van der Waals surface area contributed by atoms with E-state index in [4.69, 9.17) is 4.74 Å². The molecule has 1 atom stereocenters. The molecule has 0 radical (unpaired) electrons. The Morgan fingerprint density at radius 1 is 1.31 bits per heavy atom. The lowest BCUT2D eigenvalue weighted by atomic mass is 9.94. The maximum atomic E-state index is 5.17. The highest BCUT2D eigenvalue weighted by Crippen LogP contribution is 2.16. The van der Waals surface area contributed by atoms with Gasteiger partial charge in [0.15, 0.2) is 0 Å². The lowest BCUT2D eigenvalue weighted by Crippen LogP contribution is -2.47. The molecule has 0 aromatic carbocycles. The molecule has 0 saturated carbocycles. The van der Waals surface area contributed by atoms with Crippen molar-refractivity contribution in [2.45, 2.75) is 33.2 Å². The Morgan fingerprint density at radius 2 is 1.92 bits per heavy atom. The van der Waals surface area contributed by atoms with E-state index in [1.165, 1.54) is 13.0 Å². The Kier molecular flexibility index (Phi) is 4.20. The largest absolute Gasteiger partial charge is 0.378 e. The molecular formula is C11H23NO. The second-order valence-corrected chi connectivity index (χ2v) is 4.68. The third-order valence-corrected chi connectivity index (χ3v) is 3.32. The summed E-state index contributed by atoms with van der Waals surface area (Å²) in [6, 6.07) is 0.694. The summed E-state index contributed by atoms with van der Waals surface area (Å²) in [6.07, 6.45) is 1.31. The van der Waals surface area contributed by atoms with Gasteiger partial charge in [-0.15, -0.1) is 0 Å². The maximum absolute atomic E-state index is 5.17.